The van der Waals surface area contributed by atoms with Crippen LogP contribution in [-0.2, 0) is 6.54 Å². The predicted molar refractivity (Wildman–Crippen MR) is 113 cm³/mol. The summed E-state index contributed by atoms with van der Waals surface area (Å²) in [7, 11) is 0. The van der Waals surface area contributed by atoms with Gasteiger partial charge in [-0.25, -0.2) is 9.36 Å². The maximum atomic E-state index is 12.9. The lowest BCUT2D eigenvalue weighted by atomic mass is 9.98. The Labute approximate surface area is 172 Å². The Bertz CT molecular complexity index is 1310. The van der Waals surface area contributed by atoms with Crippen LogP contribution in [0.25, 0.3) is 16.7 Å². The molecule has 30 heavy (non-hydrogen) atoms. The van der Waals surface area contributed by atoms with E-state index in [0.29, 0.717) is 31.0 Å². The van der Waals surface area contributed by atoms with E-state index in [2.05, 4.69) is 15.2 Å². The first-order chi connectivity index (χ1) is 14.5. The number of amides is 1. The number of aromatic amines is 1. The summed E-state index contributed by atoms with van der Waals surface area (Å²) in [6.45, 7) is 5.57. The lowest BCUT2D eigenvalue weighted by Gasteiger charge is -2.39. The fraction of sp³-hybridized carbons (Fsp3) is 0.273. The van der Waals surface area contributed by atoms with Crippen LogP contribution in [0.4, 0.5) is 0 Å². The highest BCUT2D eigenvalue weighted by molar-refractivity contribution is 6.06. The SMILES string of the molecule is Cc1cc(C)n(-c2ccc(=O)n(CC3CN(C(=O)c4c[nH]c5ccccc45)C3)n2)n1. The van der Waals surface area contributed by atoms with E-state index in [0.717, 1.165) is 22.3 Å². The fourth-order valence-corrected chi connectivity index (χ4v) is 4.06. The highest BCUT2D eigenvalue weighted by Crippen LogP contribution is 2.24. The van der Waals surface area contributed by atoms with Crippen molar-refractivity contribution in [2.45, 2.75) is 20.4 Å². The number of fused-ring (bicyclic) bond motifs is 1. The van der Waals surface area contributed by atoms with Gasteiger partial charge in [-0.1, -0.05) is 18.2 Å². The third kappa shape index (κ3) is 3.10. The van der Waals surface area contributed by atoms with E-state index >= 15 is 0 Å². The summed E-state index contributed by atoms with van der Waals surface area (Å²) in [5.74, 6) is 0.826. The quantitative estimate of drug-likeness (QED) is 0.567. The van der Waals surface area contributed by atoms with E-state index < -0.39 is 0 Å². The van der Waals surface area contributed by atoms with Crippen molar-refractivity contribution in [1.82, 2.24) is 29.4 Å². The van der Waals surface area contributed by atoms with Gasteiger partial charge in [0.05, 0.1) is 17.8 Å². The summed E-state index contributed by atoms with van der Waals surface area (Å²) in [5.41, 5.74) is 3.35. The van der Waals surface area contributed by atoms with Crippen LogP contribution in [0.5, 0.6) is 0 Å². The standard InChI is InChI=1S/C22H22N6O2/c1-14-9-15(2)28(24-14)20-7-8-21(29)27(25-20)13-16-11-26(12-16)22(30)18-10-23-19-6-4-3-5-17(18)19/h3-10,16,23H,11-13H2,1-2H3. The highest BCUT2D eigenvalue weighted by atomic mass is 16.2. The smallest absolute Gasteiger partial charge is 0.266 e. The first-order valence-electron chi connectivity index (χ1n) is 9.97. The molecule has 1 saturated heterocycles. The number of rotatable bonds is 4. The van der Waals surface area contributed by atoms with Gasteiger partial charge in [-0.3, -0.25) is 9.59 Å². The Morgan fingerprint density at radius 1 is 1.13 bits per heavy atom. The normalized spacial score (nSPS) is 14.3. The van der Waals surface area contributed by atoms with Crippen molar-refractivity contribution >= 4 is 16.8 Å². The lowest BCUT2D eigenvalue weighted by Crippen LogP contribution is -2.52. The average molecular weight is 402 g/mol. The second kappa shape index (κ2) is 6.98. The molecule has 0 bridgehead atoms. The zero-order chi connectivity index (χ0) is 20.8. The van der Waals surface area contributed by atoms with Crippen molar-refractivity contribution in [1.29, 1.82) is 0 Å². The minimum atomic E-state index is -0.151. The van der Waals surface area contributed by atoms with Crippen LogP contribution in [0.3, 0.4) is 0 Å². The van der Waals surface area contributed by atoms with Crippen molar-refractivity contribution < 1.29 is 4.79 Å². The van der Waals surface area contributed by atoms with E-state index in [4.69, 9.17) is 0 Å². The van der Waals surface area contributed by atoms with Crippen molar-refractivity contribution in [3.05, 3.63) is 76.0 Å². The molecule has 0 saturated carbocycles. The maximum Gasteiger partial charge on any atom is 0.266 e. The average Bonchev–Trinajstić information content (AvgIpc) is 3.28. The number of aryl methyl sites for hydroxylation is 2. The number of hydrogen-bond acceptors (Lipinski definition) is 4. The molecule has 0 unspecified atom stereocenters. The highest BCUT2D eigenvalue weighted by Gasteiger charge is 2.32. The van der Waals surface area contributed by atoms with Crippen LogP contribution < -0.4 is 5.56 Å². The molecule has 0 aliphatic carbocycles. The lowest BCUT2D eigenvalue weighted by molar-refractivity contribution is 0.0460. The van der Waals surface area contributed by atoms with Gasteiger partial charge >= 0.3 is 0 Å². The molecule has 0 radical (unpaired) electrons. The number of carbonyl (C=O) groups excluding carboxylic acids is 1. The molecule has 8 heteroatoms. The van der Waals surface area contributed by atoms with Gasteiger partial charge in [-0.2, -0.15) is 5.10 Å². The molecule has 1 aliphatic rings. The molecular formula is C22H22N6O2. The van der Waals surface area contributed by atoms with Crippen LogP contribution in [0.1, 0.15) is 21.7 Å². The summed E-state index contributed by atoms with van der Waals surface area (Å²) < 4.78 is 3.21. The molecule has 1 amide bonds. The Morgan fingerprint density at radius 3 is 2.70 bits per heavy atom. The molecule has 1 aromatic carbocycles. The first-order valence-corrected chi connectivity index (χ1v) is 9.97. The molecule has 0 atom stereocenters. The summed E-state index contributed by atoms with van der Waals surface area (Å²) in [6.07, 6.45) is 1.77. The molecule has 1 N–H and O–H groups in total. The number of hydrogen-bond donors (Lipinski definition) is 1. The molecule has 8 nitrogen and oxygen atoms in total. The van der Waals surface area contributed by atoms with E-state index in [1.807, 2.05) is 49.1 Å². The van der Waals surface area contributed by atoms with Gasteiger partial charge in [0.1, 0.15) is 0 Å². The molecule has 5 rings (SSSR count). The Balaban J connectivity index is 1.29. The zero-order valence-corrected chi connectivity index (χ0v) is 16.9. The number of para-hydroxylation sites is 1. The van der Waals surface area contributed by atoms with Crippen LogP contribution in [0.15, 0.2) is 53.5 Å². The Kier molecular flexibility index (Phi) is 4.27. The van der Waals surface area contributed by atoms with Crippen LogP contribution >= 0.6 is 0 Å². The fourth-order valence-electron chi connectivity index (χ4n) is 4.06. The molecule has 1 fully saturated rings. The third-order valence-electron chi connectivity index (χ3n) is 5.57. The van der Waals surface area contributed by atoms with E-state index in [1.165, 1.54) is 10.7 Å². The van der Waals surface area contributed by atoms with E-state index in [9.17, 15) is 9.59 Å². The number of H-pyrrole nitrogens is 1. The minimum Gasteiger partial charge on any atom is -0.360 e. The second-order valence-corrected chi connectivity index (χ2v) is 7.87. The largest absolute Gasteiger partial charge is 0.360 e. The van der Waals surface area contributed by atoms with Gasteiger partial charge in [-0.05, 0) is 32.0 Å². The van der Waals surface area contributed by atoms with Crippen LogP contribution in [0.2, 0.25) is 0 Å². The molecule has 1 aliphatic heterocycles. The van der Waals surface area contributed by atoms with E-state index in [-0.39, 0.29) is 17.4 Å². The second-order valence-electron chi connectivity index (χ2n) is 7.87. The number of carbonyl (C=O) groups is 1. The summed E-state index contributed by atoms with van der Waals surface area (Å²) in [4.78, 5) is 30.1. The van der Waals surface area contributed by atoms with Gasteiger partial charge in [-0.15, -0.1) is 5.10 Å². The maximum absolute atomic E-state index is 12.9. The van der Waals surface area contributed by atoms with Gasteiger partial charge in [0.25, 0.3) is 11.5 Å². The van der Waals surface area contributed by atoms with Crippen molar-refractivity contribution in [2.75, 3.05) is 13.1 Å². The Morgan fingerprint density at radius 2 is 1.93 bits per heavy atom. The molecule has 4 heterocycles. The van der Waals surface area contributed by atoms with Crippen molar-refractivity contribution in [2.24, 2.45) is 5.92 Å². The number of benzene rings is 1. The predicted octanol–water partition coefficient (Wildman–Crippen LogP) is 2.30. The van der Waals surface area contributed by atoms with Gasteiger partial charge in [0, 0.05) is 47.9 Å². The minimum absolute atomic E-state index is 0.0143. The molecular weight excluding hydrogens is 380 g/mol. The first kappa shape index (κ1) is 18.4. The van der Waals surface area contributed by atoms with Crippen LogP contribution in [-0.4, -0.2) is 48.4 Å². The zero-order valence-electron chi connectivity index (χ0n) is 16.9. The Hall–Kier alpha value is -3.68. The number of aromatic nitrogens is 5. The van der Waals surface area contributed by atoms with Gasteiger partial charge < -0.3 is 9.88 Å². The number of nitrogens with one attached hydrogen (secondary N) is 1. The van der Waals surface area contributed by atoms with Gasteiger partial charge in [0.2, 0.25) is 0 Å². The van der Waals surface area contributed by atoms with Crippen LogP contribution in [0, 0.1) is 19.8 Å². The van der Waals surface area contributed by atoms with Crippen molar-refractivity contribution in [3.8, 4) is 5.82 Å². The molecule has 4 aromatic rings. The van der Waals surface area contributed by atoms with E-state index in [1.54, 1.807) is 16.9 Å². The van der Waals surface area contributed by atoms with Gasteiger partial charge in [0.15, 0.2) is 5.82 Å². The molecule has 0 spiro atoms. The number of likely N-dealkylation sites (tertiary alicyclic amines) is 1. The van der Waals surface area contributed by atoms with Crippen molar-refractivity contribution in [3.63, 3.8) is 0 Å². The topological polar surface area (TPSA) is 88.8 Å². The monoisotopic (exact) mass is 402 g/mol. The summed E-state index contributed by atoms with van der Waals surface area (Å²) in [6, 6.07) is 13.0. The molecule has 152 valence electrons. The third-order valence-corrected chi connectivity index (χ3v) is 5.57. The molecule has 3 aromatic heterocycles. The summed E-state index contributed by atoms with van der Waals surface area (Å²) >= 11 is 0. The number of nitrogens with zero attached hydrogens (tertiary/aromatic N) is 5. The summed E-state index contributed by atoms with van der Waals surface area (Å²) in [5, 5.41) is 9.86.